The molecule has 45 heavy (non-hydrogen) atoms. The lowest BCUT2D eigenvalue weighted by molar-refractivity contribution is -0.197. The minimum Gasteiger partial charge on any atom is -0.354 e. The zero-order valence-electron chi connectivity index (χ0n) is 24.5. The molecule has 0 aliphatic carbocycles. The van der Waals surface area contributed by atoms with Gasteiger partial charge in [0, 0.05) is 56.7 Å². The van der Waals surface area contributed by atoms with Crippen LogP contribution in [-0.2, 0) is 43.7 Å². The summed E-state index contributed by atoms with van der Waals surface area (Å²) < 4.78 is 32.1. The molecule has 1 unspecified atom stereocenters. The molecular formula is C28H34N6O10S. The summed E-state index contributed by atoms with van der Waals surface area (Å²) in [6.45, 7) is 1.91. The summed E-state index contributed by atoms with van der Waals surface area (Å²) in [6, 6.07) is 5.36. The molecule has 4 N–H and O–H groups in total. The molecule has 242 valence electrons. The zero-order chi connectivity index (χ0) is 33.0. The predicted molar refractivity (Wildman–Crippen MR) is 157 cm³/mol. The average molecular weight is 647 g/mol. The molecule has 0 aromatic carbocycles. The summed E-state index contributed by atoms with van der Waals surface area (Å²) in [4.78, 5) is 85.5. The number of nitrogens with one attached hydrogen (secondary N) is 3. The van der Waals surface area contributed by atoms with Crippen LogP contribution in [0.3, 0.4) is 0 Å². The molecule has 1 aliphatic heterocycles. The zero-order valence-corrected chi connectivity index (χ0v) is 25.3. The Morgan fingerprint density at radius 2 is 1.58 bits per heavy atom. The van der Waals surface area contributed by atoms with Crippen LogP contribution in [0.4, 0.5) is 5.69 Å². The van der Waals surface area contributed by atoms with E-state index in [9.17, 15) is 41.7 Å². The van der Waals surface area contributed by atoms with Gasteiger partial charge in [-0.1, -0.05) is 0 Å². The number of unbranched alkanes of at least 4 members (excludes halogenated alkanes) is 1. The molecule has 17 heteroatoms. The molecule has 0 saturated carbocycles. The third-order valence-corrected chi connectivity index (χ3v) is 7.12. The van der Waals surface area contributed by atoms with Gasteiger partial charge in [-0.3, -0.25) is 38.5 Å². The predicted octanol–water partition coefficient (Wildman–Crippen LogP) is 0.827. The molecule has 2 aromatic rings. The first-order chi connectivity index (χ1) is 21.3. The van der Waals surface area contributed by atoms with Crippen LogP contribution >= 0.6 is 0 Å². The van der Waals surface area contributed by atoms with Crippen molar-refractivity contribution in [2.75, 3.05) is 17.6 Å². The first-order valence-corrected chi connectivity index (χ1v) is 15.7. The van der Waals surface area contributed by atoms with E-state index >= 15 is 0 Å². The number of pyridine rings is 2. The second-order valence-corrected chi connectivity index (χ2v) is 11.7. The molecule has 3 heterocycles. The van der Waals surface area contributed by atoms with Gasteiger partial charge in [-0.15, -0.1) is 5.06 Å². The topological polar surface area (TPSA) is 231 Å². The Hall–Kier alpha value is -4.77. The maximum atomic E-state index is 12.5. The number of hydrogen-bond donors (Lipinski definition) is 4. The van der Waals surface area contributed by atoms with Crippen LogP contribution < -0.4 is 16.0 Å². The molecular weight excluding hydrogens is 612 g/mol. The summed E-state index contributed by atoms with van der Waals surface area (Å²) >= 11 is 0. The molecule has 0 spiro atoms. The van der Waals surface area contributed by atoms with Gasteiger partial charge in [-0.2, -0.15) is 8.42 Å². The van der Waals surface area contributed by atoms with Crippen LogP contribution in [0, 0.1) is 6.92 Å². The largest absolute Gasteiger partial charge is 0.354 e. The maximum absolute atomic E-state index is 12.5. The van der Waals surface area contributed by atoms with E-state index in [-0.39, 0.29) is 63.8 Å². The highest BCUT2D eigenvalue weighted by Gasteiger charge is 2.32. The van der Waals surface area contributed by atoms with Crippen molar-refractivity contribution in [3.63, 3.8) is 0 Å². The summed E-state index contributed by atoms with van der Waals surface area (Å²) in [7, 11) is -4.65. The average Bonchev–Trinajstić information content (AvgIpc) is 3.28. The Bertz CT molecular complexity index is 1530. The van der Waals surface area contributed by atoms with Gasteiger partial charge in [0.05, 0.1) is 11.4 Å². The Balaban J connectivity index is 1.39. The van der Waals surface area contributed by atoms with Gasteiger partial charge in [0.25, 0.3) is 21.9 Å². The van der Waals surface area contributed by atoms with Gasteiger partial charge in [0.15, 0.2) is 0 Å². The van der Waals surface area contributed by atoms with Crippen LogP contribution in [-0.4, -0.2) is 81.8 Å². The van der Waals surface area contributed by atoms with Crippen LogP contribution in [0.5, 0.6) is 0 Å². The first-order valence-electron chi connectivity index (χ1n) is 14.1. The van der Waals surface area contributed by atoms with Crippen molar-refractivity contribution < 1.29 is 46.6 Å². The molecule has 0 radical (unpaired) electrons. The fraction of sp³-hybridized carbons (Fsp3) is 0.429. The number of hydroxylamine groups is 2. The summed E-state index contributed by atoms with van der Waals surface area (Å²) in [6.07, 6.45) is 3.23. The number of nitrogens with zero attached hydrogens (tertiary/aromatic N) is 3. The van der Waals surface area contributed by atoms with Gasteiger partial charge in [-0.05, 0) is 56.0 Å². The SMILES string of the molecule is Cc1ccnc(-c2cc(NC(=O)CCCC(=O)NC(CS(=O)(=O)O)C(=O)NCCCCC(=O)ON3C(=O)CCC3=O)ccn2)c1. The summed E-state index contributed by atoms with van der Waals surface area (Å²) in [5.41, 5.74) is 2.69. The van der Waals surface area contributed by atoms with Crippen molar-refractivity contribution in [1.29, 1.82) is 0 Å². The monoisotopic (exact) mass is 646 g/mol. The minimum absolute atomic E-state index is 0.0115. The number of carbonyl (C=O) groups excluding carboxylic acids is 6. The van der Waals surface area contributed by atoms with Crippen molar-refractivity contribution in [2.45, 2.75) is 64.3 Å². The van der Waals surface area contributed by atoms with Crippen molar-refractivity contribution in [1.82, 2.24) is 25.7 Å². The van der Waals surface area contributed by atoms with E-state index in [0.717, 1.165) is 5.56 Å². The molecule has 16 nitrogen and oxygen atoms in total. The lowest BCUT2D eigenvalue weighted by Gasteiger charge is -2.17. The van der Waals surface area contributed by atoms with E-state index < -0.39 is 51.5 Å². The molecule has 1 saturated heterocycles. The highest BCUT2D eigenvalue weighted by atomic mass is 32.2. The van der Waals surface area contributed by atoms with E-state index in [0.29, 0.717) is 22.1 Å². The Morgan fingerprint density at radius 3 is 2.24 bits per heavy atom. The van der Waals surface area contributed by atoms with Crippen molar-refractivity contribution >= 4 is 51.3 Å². The van der Waals surface area contributed by atoms with Crippen LogP contribution in [0.1, 0.15) is 56.9 Å². The standard InChI is InChI=1S/C28H34N6O10S/c1-18-10-13-29-20(15-18)21-16-19(11-14-30-21)32-23(35)5-4-6-24(36)33-22(17-45(41,42)43)28(40)31-12-3-2-7-27(39)44-34-25(37)8-9-26(34)38/h10-11,13-16,22H,2-9,12,17H2,1H3,(H,31,40)(H,33,36)(H,30,32,35)(H,41,42,43). The van der Waals surface area contributed by atoms with E-state index in [1.165, 1.54) is 6.20 Å². The molecule has 0 bridgehead atoms. The van der Waals surface area contributed by atoms with Crippen LogP contribution in [0.15, 0.2) is 36.7 Å². The summed E-state index contributed by atoms with van der Waals surface area (Å²) in [5, 5.41) is 7.82. The van der Waals surface area contributed by atoms with Gasteiger partial charge in [0.2, 0.25) is 17.7 Å². The maximum Gasteiger partial charge on any atom is 0.333 e. The van der Waals surface area contributed by atoms with Crippen LogP contribution in [0.25, 0.3) is 11.4 Å². The van der Waals surface area contributed by atoms with E-state index in [2.05, 4.69) is 25.9 Å². The van der Waals surface area contributed by atoms with Gasteiger partial charge >= 0.3 is 5.97 Å². The highest BCUT2D eigenvalue weighted by Crippen LogP contribution is 2.19. The Morgan fingerprint density at radius 1 is 0.933 bits per heavy atom. The number of rotatable bonds is 16. The molecule has 1 fully saturated rings. The third-order valence-electron chi connectivity index (χ3n) is 6.36. The Labute approximate surface area is 259 Å². The number of amides is 5. The first kappa shape index (κ1) is 34.7. The summed E-state index contributed by atoms with van der Waals surface area (Å²) in [5.74, 6) is -5.07. The van der Waals surface area contributed by atoms with Crippen LogP contribution in [0.2, 0.25) is 0 Å². The number of anilines is 1. The fourth-order valence-electron chi connectivity index (χ4n) is 4.15. The van der Waals surface area contributed by atoms with Crippen molar-refractivity contribution in [2.24, 2.45) is 0 Å². The van der Waals surface area contributed by atoms with Gasteiger partial charge in [-0.25, -0.2) is 4.79 Å². The quantitative estimate of drug-likeness (QED) is 0.113. The second kappa shape index (κ2) is 16.3. The van der Waals surface area contributed by atoms with E-state index in [4.69, 9.17) is 4.84 Å². The number of imide groups is 1. The third kappa shape index (κ3) is 12.0. The molecule has 1 aliphatic rings. The number of carbonyl (C=O) groups is 6. The molecule has 2 aromatic heterocycles. The Kier molecular flexibility index (Phi) is 12.6. The van der Waals surface area contributed by atoms with Gasteiger partial charge < -0.3 is 20.8 Å². The molecule has 5 amide bonds. The number of aromatic nitrogens is 2. The number of aryl methyl sites for hydroxylation is 1. The van der Waals surface area contributed by atoms with Crippen molar-refractivity contribution in [3.05, 3.63) is 42.2 Å². The van der Waals surface area contributed by atoms with Crippen molar-refractivity contribution in [3.8, 4) is 11.4 Å². The lowest BCUT2D eigenvalue weighted by Crippen LogP contribution is -2.50. The molecule has 1 atom stereocenters. The van der Waals surface area contributed by atoms with Gasteiger partial charge in [0.1, 0.15) is 11.8 Å². The normalized spacial score (nSPS) is 13.7. The lowest BCUT2D eigenvalue weighted by atomic mass is 10.2. The number of hydrogen-bond acceptors (Lipinski definition) is 11. The smallest absolute Gasteiger partial charge is 0.333 e. The second-order valence-electron chi connectivity index (χ2n) is 10.2. The minimum atomic E-state index is -4.65. The fourth-order valence-corrected chi connectivity index (χ4v) is 4.81. The molecule has 3 rings (SSSR count). The van der Waals surface area contributed by atoms with E-state index in [1.807, 2.05) is 19.1 Å². The van der Waals surface area contributed by atoms with E-state index in [1.54, 1.807) is 18.3 Å². The highest BCUT2D eigenvalue weighted by molar-refractivity contribution is 7.85.